The molecule has 0 radical (unpaired) electrons. The maximum absolute atomic E-state index is 4.81. The monoisotopic (exact) mass is 258 g/mol. The highest BCUT2D eigenvalue weighted by Crippen LogP contribution is 2.33. The number of hydrogen-bond donors (Lipinski definition) is 0. The van der Waals surface area contributed by atoms with Gasteiger partial charge in [0.05, 0.1) is 5.69 Å². The van der Waals surface area contributed by atoms with Crippen molar-refractivity contribution in [2.45, 2.75) is 25.3 Å². The van der Waals surface area contributed by atoms with E-state index >= 15 is 0 Å². The number of thiazole rings is 1. The van der Waals surface area contributed by atoms with E-state index in [9.17, 15) is 0 Å². The first-order valence-corrected chi connectivity index (χ1v) is 7.26. The smallest absolute Gasteiger partial charge is 0.123 e. The van der Waals surface area contributed by atoms with Crippen LogP contribution in [0.5, 0.6) is 0 Å². The quantitative estimate of drug-likeness (QED) is 0.822. The molecule has 1 heterocycles. The Balaban J connectivity index is 1.90. The first-order chi connectivity index (χ1) is 8.74. The number of rotatable bonds is 2. The Morgan fingerprint density at radius 3 is 2.72 bits per heavy atom. The Kier molecular flexibility index (Phi) is 3.18. The van der Waals surface area contributed by atoms with E-state index in [0.29, 0.717) is 6.04 Å². The molecule has 1 aliphatic rings. The molecule has 1 aromatic heterocycles. The van der Waals surface area contributed by atoms with E-state index in [2.05, 4.69) is 49.3 Å². The van der Waals surface area contributed by atoms with Crippen LogP contribution in [0.3, 0.4) is 0 Å². The molecule has 1 atom stereocenters. The highest BCUT2D eigenvalue weighted by Gasteiger charge is 2.23. The van der Waals surface area contributed by atoms with Crippen molar-refractivity contribution in [2.75, 3.05) is 14.1 Å². The van der Waals surface area contributed by atoms with Crippen molar-refractivity contribution in [1.82, 2.24) is 9.88 Å². The maximum atomic E-state index is 4.81. The van der Waals surface area contributed by atoms with Crippen LogP contribution in [0.15, 0.2) is 30.3 Å². The molecule has 0 saturated carbocycles. The lowest BCUT2D eigenvalue weighted by Crippen LogP contribution is -2.32. The third kappa shape index (κ3) is 2.20. The molecule has 2 nitrogen and oxygen atoms in total. The summed E-state index contributed by atoms with van der Waals surface area (Å²) in [5, 5.41) is 1.18. The number of likely N-dealkylation sites (N-methyl/N-ethyl adjacent to an activating group) is 1. The summed E-state index contributed by atoms with van der Waals surface area (Å²) < 4.78 is 0. The molecule has 1 aliphatic carbocycles. The number of nitrogens with zero attached hydrogens (tertiary/aromatic N) is 2. The minimum Gasteiger partial charge on any atom is -0.306 e. The molecule has 1 unspecified atom stereocenters. The number of fused-ring (bicyclic) bond motifs is 1. The van der Waals surface area contributed by atoms with Gasteiger partial charge in [-0.3, -0.25) is 0 Å². The molecule has 0 aliphatic heterocycles. The summed E-state index contributed by atoms with van der Waals surface area (Å²) in [7, 11) is 4.35. The van der Waals surface area contributed by atoms with Gasteiger partial charge in [-0.05, 0) is 33.4 Å². The zero-order valence-corrected chi connectivity index (χ0v) is 11.7. The van der Waals surface area contributed by atoms with Crippen LogP contribution in [-0.2, 0) is 12.8 Å². The molecule has 3 rings (SSSR count). The predicted molar refractivity (Wildman–Crippen MR) is 77.1 cm³/mol. The molecule has 2 aromatic rings. The predicted octanol–water partition coefficient (Wildman–Crippen LogP) is 3.23. The Morgan fingerprint density at radius 1 is 1.22 bits per heavy atom. The fourth-order valence-corrected chi connectivity index (χ4v) is 3.69. The van der Waals surface area contributed by atoms with Crippen LogP contribution in [0.25, 0.3) is 10.6 Å². The van der Waals surface area contributed by atoms with Crippen LogP contribution in [0, 0.1) is 0 Å². The van der Waals surface area contributed by atoms with E-state index in [4.69, 9.17) is 4.98 Å². The van der Waals surface area contributed by atoms with Gasteiger partial charge < -0.3 is 4.90 Å². The van der Waals surface area contributed by atoms with Crippen LogP contribution < -0.4 is 0 Å². The van der Waals surface area contributed by atoms with Gasteiger partial charge in [-0.25, -0.2) is 4.98 Å². The highest BCUT2D eigenvalue weighted by molar-refractivity contribution is 7.15. The third-order valence-electron chi connectivity index (χ3n) is 3.66. The summed E-state index contributed by atoms with van der Waals surface area (Å²) in [6.45, 7) is 0. The second-order valence-corrected chi connectivity index (χ2v) is 6.20. The summed E-state index contributed by atoms with van der Waals surface area (Å²) in [4.78, 5) is 8.64. The van der Waals surface area contributed by atoms with Crippen LogP contribution >= 0.6 is 11.3 Å². The molecule has 94 valence electrons. The molecular weight excluding hydrogens is 240 g/mol. The summed E-state index contributed by atoms with van der Waals surface area (Å²) in [6, 6.07) is 11.2. The van der Waals surface area contributed by atoms with Crippen LogP contribution in [-0.4, -0.2) is 30.0 Å². The zero-order valence-electron chi connectivity index (χ0n) is 10.9. The molecule has 3 heteroatoms. The van der Waals surface area contributed by atoms with Gasteiger partial charge in [0, 0.05) is 16.5 Å². The molecule has 0 saturated heterocycles. The minimum atomic E-state index is 0.682. The molecule has 18 heavy (non-hydrogen) atoms. The third-order valence-corrected chi connectivity index (χ3v) is 4.83. The van der Waals surface area contributed by atoms with Crippen LogP contribution in [0.2, 0.25) is 0 Å². The lowest BCUT2D eigenvalue weighted by molar-refractivity contribution is 0.269. The van der Waals surface area contributed by atoms with Gasteiger partial charge in [0.15, 0.2) is 0 Å². The number of aryl methyl sites for hydroxylation is 1. The van der Waals surface area contributed by atoms with Gasteiger partial charge >= 0.3 is 0 Å². The van der Waals surface area contributed by atoms with E-state index in [0.717, 1.165) is 12.8 Å². The second-order valence-electron chi connectivity index (χ2n) is 5.12. The fourth-order valence-electron chi connectivity index (χ4n) is 2.50. The molecule has 0 spiro atoms. The molecule has 0 N–H and O–H groups in total. The molecular formula is C15H18N2S. The standard InChI is InChI=1S/C15H18N2S/c1-17(2)12-8-9-13-14(10-12)18-15(16-13)11-6-4-3-5-7-11/h3-7,12H,8-10H2,1-2H3. The molecule has 0 fully saturated rings. The van der Waals surface area contributed by atoms with E-state index in [1.54, 1.807) is 0 Å². The van der Waals surface area contributed by atoms with Crippen molar-refractivity contribution >= 4 is 11.3 Å². The SMILES string of the molecule is CN(C)C1CCc2nc(-c3ccccc3)sc2C1. The van der Waals surface area contributed by atoms with Crippen LogP contribution in [0.1, 0.15) is 17.0 Å². The van der Waals surface area contributed by atoms with Gasteiger partial charge in [-0.15, -0.1) is 11.3 Å². The van der Waals surface area contributed by atoms with Crippen molar-refractivity contribution < 1.29 is 0 Å². The number of aromatic nitrogens is 1. The van der Waals surface area contributed by atoms with Crippen LogP contribution in [0.4, 0.5) is 0 Å². The van der Waals surface area contributed by atoms with E-state index in [1.807, 2.05) is 11.3 Å². The highest BCUT2D eigenvalue weighted by atomic mass is 32.1. The molecule has 1 aromatic carbocycles. The van der Waals surface area contributed by atoms with Gasteiger partial charge in [-0.1, -0.05) is 30.3 Å². The molecule has 0 amide bonds. The van der Waals surface area contributed by atoms with Crippen molar-refractivity contribution in [1.29, 1.82) is 0 Å². The Hall–Kier alpha value is -1.19. The summed E-state index contributed by atoms with van der Waals surface area (Å²) in [5.74, 6) is 0. The average Bonchev–Trinajstić information content (AvgIpc) is 2.82. The number of hydrogen-bond acceptors (Lipinski definition) is 3. The second kappa shape index (κ2) is 4.82. The normalized spacial score (nSPS) is 18.9. The van der Waals surface area contributed by atoms with Crippen molar-refractivity contribution in [3.05, 3.63) is 40.9 Å². The topological polar surface area (TPSA) is 16.1 Å². The summed E-state index contributed by atoms with van der Waals surface area (Å²) in [5.41, 5.74) is 2.58. The first-order valence-electron chi connectivity index (χ1n) is 6.44. The lowest BCUT2D eigenvalue weighted by Gasteiger charge is -2.27. The maximum Gasteiger partial charge on any atom is 0.123 e. The fraction of sp³-hybridized carbons (Fsp3) is 0.400. The van der Waals surface area contributed by atoms with Gasteiger partial charge in [0.2, 0.25) is 0 Å². The van der Waals surface area contributed by atoms with E-state index in [1.165, 1.54) is 27.6 Å². The molecule has 0 bridgehead atoms. The summed E-state index contributed by atoms with van der Waals surface area (Å²) in [6.07, 6.45) is 3.52. The minimum absolute atomic E-state index is 0.682. The summed E-state index contributed by atoms with van der Waals surface area (Å²) >= 11 is 1.87. The zero-order chi connectivity index (χ0) is 12.5. The Morgan fingerprint density at radius 2 is 2.00 bits per heavy atom. The van der Waals surface area contributed by atoms with Crippen molar-refractivity contribution in [3.8, 4) is 10.6 Å². The average molecular weight is 258 g/mol. The van der Waals surface area contributed by atoms with Gasteiger partial charge in [-0.2, -0.15) is 0 Å². The first kappa shape index (κ1) is 11.9. The lowest BCUT2D eigenvalue weighted by atomic mass is 9.97. The van der Waals surface area contributed by atoms with Gasteiger partial charge in [0.25, 0.3) is 0 Å². The Bertz CT molecular complexity index is 531. The largest absolute Gasteiger partial charge is 0.306 e. The van der Waals surface area contributed by atoms with E-state index in [-0.39, 0.29) is 0 Å². The van der Waals surface area contributed by atoms with Gasteiger partial charge in [0.1, 0.15) is 5.01 Å². The number of benzene rings is 1. The van der Waals surface area contributed by atoms with E-state index < -0.39 is 0 Å². The Labute approximate surface area is 112 Å². The van der Waals surface area contributed by atoms with Crippen molar-refractivity contribution in [2.24, 2.45) is 0 Å². The van der Waals surface area contributed by atoms with Crippen molar-refractivity contribution in [3.63, 3.8) is 0 Å².